The van der Waals surface area contributed by atoms with Crippen LogP contribution in [0.5, 0.6) is 0 Å². The van der Waals surface area contributed by atoms with Crippen LogP contribution in [0, 0.1) is 6.92 Å². The largest absolute Gasteiger partial charge is 0.310 e. The molecule has 0 amide bonds. The maximum Gasteiger partial charge on any atom is 0.0378 e. The Morgan fingerprint density at radius 2 is 1.79 bits per heavy atom. The molecule has 0 bridgehead atoms. The number of hydrogen-bond donors (Lipinski definition) is 1. The van der Waals surface area contributed by atoms with Crippen molar-refractivity contribution in [1.82, 2.24) is 10.3 Å². The van der Waals surface area contributed by atoms with Crippen LogP contribution in [-0.4, -0.2) is 11.5 Å². The van der Waals surface area contributed by atoms with Gasteiger partial charge in [0.2, 0.25) is 0 Å². The zero-order chi connectivity index (χ0) is 13.7. The predicted octanol–water partition coefficient (Wildman–Crippen LogP) is 4.12. The molecular formula is C17H22N2. The normalized spacial score (nSPS) is 12.4. The number of benzene rings is 1. The van der Waals surface area contributed by atoms with Crippen molar-refractivity contribution in [3.05, 3.63) is 53.9 Å². The lowest BCUT2D eigenvalue weighted by atomic mass is 9.99. The molecule has 0 radical (unpaired) electrons. The molecule has 0 aliphatic carbocycles. The van der Waals surface area contributed by atoms with Crippen LogP contribution in [0.2, 0.25) is 0 Å². The highest BCUT2D eigenvalue weighted by Crippen LogP contribution is 2.23. The van der Waals surface area contributed by atoms with Crippen LogP contribution in [0.15, 0.2) is 42.6 Å². The first-order valence-electron chi connectivity index (χ1n) is 7.01. The third-order valence-electron chi connectivity index (χ3n) is 3.40. The Morgan fingerprint density at radius 1 is 1.05 bits per heavy atom. The highest BCUT2D eigenvalue weighted by Gasteiger charge is 2.07. The van der Waals surface area contributed by atoms with E-state index >= 15 is 0 Å². The number of nitrogens with zero attached hydrogens (tertiary/aromatic N) is 1. The number of nitrogens with one attached hydrogen (secondary N) is 1. The van der Waals surface area contributed by atoms with E-state index in [2.05, 4.69) is 60.5 Å². The summed E-state index contributed by atoms with van der Waals surface area (Å²) in [4.78, 5) is 4.24. The van der Waals surface area contributed by atoms with Crippen molar-refractivity contribution in [3.8, 4) is 11.1 Å². The van der Waals surface area contributed by atoms with Crippen LogP contribution in [0.4, 0.5) is 0 Å². The van der Waals surface area contributed by atoms with E-state index in [1.807, 2.05) is 13.1 Å². The SMILES string of the molecule is CCNC(CC)c1ccc(-c2ccnc(C)c2)cc1. The van der Waals surface area contributed by atoms with E-state index in [4.69, 9.17) is 0 Å². The molecular weight excluding hydrogens is 232 g/mol. The zero-order valence-electron chi connectivity index (χ0n) is 12.0. The summed E-state index contributed by atoms with van der Waals surface area (Å²) in [6.45, 7) is 7.39. The van der Waals surface area contributed by atoms with Crippen molar-refractivity contribution < 1.29 is 0 Å². The second-order valence-electron chi connectivity index (χ2n) is 4.83. The molecule has 0 aliphatic heterocycles. The number of rotatable bonds is 5. The molecule has 1 unspecified atom stereocenters. The fourth-order valence-electron chi connectivity index (χ4n) is 2.38. The van der Waals surface area contributed by atoms with Crippen LogP contribution in [0.3, 0.4) is 0 Å². The molecule has 1 heterocycles. The van der Waals surface area contributed by atoms with Gasteiger partial charge in [-0.15, -0.1) is 0 Å². The van der Waals surface area contributed by atoms with Gasteiger partial charge >= 0.3 is 0 Å². The number of aromatic nitrogens is 1. The van der Waals surface area contributed by atoms with Crippen LogP contribution in [-0.2, 0) is 0 Å². The Kier molecular flexibility index (Phi) is 4.69. The molecule has 0 spiro atoms. The first kappa shape index (κ1) is 13.8. The minimum Gasteiger partial charge on any atom is -0.310 e. The lowest BCUT2D eigenvalue weighted by molar-refractivity contribution is 0.537. The van der Waals surface area contributed by atoms with E-state index in [1.54, 1.807) is 0 Å². The summed E-state index contributed by atoms with van der Waals surface area (Å²) >= 11 is 0. The molecule has 2 nitrogen and oxygen atoms in total. The summed E-state index contributed by atoms with van der Waals surface area (Å²) in [6.07, 6.45) is 2.98. The fraction of sp³-hybridized carbons (Fsp3) is 0.353. The molecule has 19 heavy (non-hydrogen) atoms. The summed E-state index contributed by atoms with van der Waals surface area (Å²) in [5.74, 6) is 0. The molecule has 0 fully saturated rings. The smallest absolute Gasteiger partial charge is 0.0378 e. The van der Waals surface area contributed by atoms with E-state index in [1.165, 1.54) is 16.7 Å². The summed E-state index contributed by atoms with van der Waals surface area (Å²) in [5.41, 5.74) is 4.90. The first-order chi connectivity index (χ1) is 9.24. The minimum absolute atomic E-state index is 0.457. The lowest BCUT2D eigenvalue weighted by Gasteiger charge is -2.16. The van der Waals surface area contributed by atoms with Gasteiger partial charge in [-0.25, -0.2) is 0 Å². The van der Waals surface area contributed by atoms with Crippen LogP contribution < -0.4 is 5.32 Å². The number of pyridine rings is 1. The number of aryl methyl sites for hydroxylation is 1. The highest BCUT2D eigenvalue weighted by molar-refractivity contribution is 5.63. The molecule has 2 aromatic rings. The van der Waals surface area contributed by atoms with Gasteiger partial charge in [-0.3, -0.25) is 4.98 Å². The van der Waals surface area contributed by atoms with Crippen molar-refractivity contribution in [2.45, 2.75) is 33.2 Å². The van der Waals surface area contributed by atoms with Gasteiger partial charge in [0.1, 0.15) is 0 Å². The Hall–Kier alpha value is -1.67. The highest BCUT2D eigenvalue weighted by atomic mass is 14.9. The Bertz CT molecular complexity index is 517. The number of hydrogen-bond acceptors (Lipinski definition) is 2. The Labute approximate surface area is 115 Å². The van der Waals surface area contributed by atoms with Crippen LogP contribution in [0.1, 0.15) is 37.6 Å². The molecule has 0 saturated heterocycles. The topological polar surface area (TPSA) is 24.9 Å². The van der Waals surface area contributed by atoms with Gasteiger partial charge in [0.05, 0.1) is 0 Å². The zero-order valence-corrected chi connectivity index (χ0v) is 12.0. The maximum absolute atomic E-state index is 4.24. The summed E-state index contributed by atoms with van der Waals surface area (Å²) in [6, 6.07) is 13.5. The second-order valence-corrected chi connectivity index (χ2v) is 4.83. The third-order valence-corrected chi connectivity index (χ3v) is 3.40. The molecule has 2 rings (SSSR count). The van der Waals surface area contributed by atoms with Gasteiger partial charge in [-0.2, -0.15) is 0 Å². The van der Waals surface area contributed by atoms with E-state index < -0.39 is 0 Å². The van der Waals surface area contributed by atoms with Crippen LogP contribution in [0.25, 0.3) is 11.1 Å². The molecule has 1 atom stereocenters. The maximum atomic E-state index is 4.24. The second kappa shape index (κ2) is 6.48. The third kappa shape index (κ3) is 3.42. The minimum atomic E-state index is 0.457. The van der Waals surface area contributed by atoms with Gasteiger partial charge in [0.15, 0.2) is 0 Å². The van der Waals surface area contributed by atoms with E-state index in [-0.39, 0.29) is 0 Å². The summed E-state index contributed by atoms with van der Waals surface area (Å²) < 4.78 is 0. The van der Waals surface area contributed by atoms with Crippen molar-refractivity contribution in [2.75, 3.05) is 6.54 Å². The van der Waals surface area contributed by atoms with Gasteiger partial charge < -0.3 is 5.32 Å². The van der Waals surface area contributed by atoms with Crippen molar-refractivity contribution in [1.29, 1.82) is 0 Å². The molecule has 2 heteroatoms. The van der Waals surface area contributed by atoms with Gasteiger partial charge in [-0.05, 0) is 48.7 Å². The van der Waals surface area contributed by atoms with E-state index in [0.29, 0.717) is 6.04 Å². The van der Waals surface area contributed by atoms with Gasteiger partial charge in [0, 0.05) is 17.9 Å². The summed E-state index contributed by atoms with van der Waals surface area (Å²) in [5, 5.41) is 3.51. The average Bonchev–Trinajstić information content (AvgIpc) is 2.45. The van der Waals surface area contributed by atoms with Crippen LogP contribution >= 0.6 is 0 Å². The lowest BCUT2D eigenvalue weighted by Crippen LogP contribution is -2.19. The van der Waals surface area contributed by atoms with Gasteiger partial charge in [0.25, 0.3) is 0 Å². The quantitative estimate of drug-likeness (QED) is 0.868. The van der Waals surface area contributed by atoms with Crippen molar-refractivity contribution in [2.24, 2.45) is 0 Å². The van der Waals surface area contributed by atoms with E-state index in [0.717, 1.165) is 18.7 Å². The van der Waals surface area contributed by atoms with Crippen molar-refractivity contribution in [3.63, 3.8) is 0 Å². The Morgan fingerprint density at radius 3 is 2.37 bits per heavy atom. The standard InChI is InChI=1S/C17H22N2/c1-4-17(18-5-2)15-8-6-14(7-9-15)16-10-11-19-13(3)12-16/h6-12,17-18H,4-5H2,1-3H3. The van der Waals surface area contributed by atoms with Crippen molar-refractivity contribution >= 4 is 0 Å². The monoisotopic (exact) mass is 254 g/mol. The molecule has 0 aliphatic rings. The predicted molar refractivity (Wildman–Crippen MR) is 81.1 cm³/mol. The van der Waals surface area contributed by atoms with Gasteiger partial charge in [-0.1, -0.05) is 38.1 Å². The fourth-order valence-corrected chi connectivity index (χ4v) is 2.38. The molecule has 0 saturated carbocycles. The molecule has 1 aromatic heterocycles. The molecule has 1 aromatic carbocycles. The first-order valence-corrected chi connectivity index (χ1v) is 7.01. The molecule has 100 valence electrons. The molecule has 1 N–H and O–H groups in total. The average molecular weight is 254 g/mol. The summed E-state index contributed by atoms with van der Waals surface area (Å²) in [7, 11) is 0. The Balaban J connectivity index is 2.23. The van der Waals surface area contributed by atoms with E-state index in [9.17, 15) is 0 Å².